The molecule has 84 valence electrons. The molecule has 1 N–H and O–H groups in total. The summed E-state index contributed by atoms with van der Waals surface area (Å²) in [7, 11) is 0. The lowest BCUT2D eigenvalue weighted by Crippen LogP contribution is -2.19. The van der Waals surface area contributed by atoms with Crippen LogP contribution in [0.5, 0.6) is 0 Å². The van der Waals surface area contributed by atoms with Crippen LogP contribution in [0.2, 0.25) is 0 Å². The molecule has 1 aromatic rings. The fourth-order valence-corrected chi connectivity index (χ4v) is 1.82. The molecule has 5 heteroatoms. The lowest BCUT2D eigenvalue weighted by molar-refractivity contribution is 0.372. The lowest BCUT2D eigenvalue weighted by Gasteiger charge is -1.97. The van der Waals surface area contributed by atoms with Crippen LogP contribution in [0.4, 0.5) is 0 Å². The van der Waals surface area contributed by atoms with Crippen molar-refractivity contribution in [2.45, 2.75) is 38.0 Å². The van der Waals surface area contributed by atoms with Gasteiger partial charge in [-0.1, -0.05) is 12.1 Å². The van der Waals surface area contributed by atoms with Crippen LogP contribution < -0.4 is 5.32 Å². The first-order valence-corrected chi connectivity index (χ1v) is 6.66. The number of nitrogens with zero attached hydrogens (tertiary/aromatic N) is 2. The molecule has 0 atom stereocenters. The standard InChI is InChI=1S/C10H17N3OS/c1-2-15-7-9-12-10(14-13-9)5-6-11-8-3-4-8/h8,11H,2-7H2,1H3. The van der Waals surface area contributed by atoms with Gasteiger partial charge in [0.1, 0.15) is 0 Å². The van der Waals surface area contributed by atoms with Crippen molar-refractivity contribution < 1.29 is 4.52 Å². The highest BCUT2D eigenvalue weighted by molar-refractivity contribution is 7.98. The van der Waals surface area contributed by atoms with E-state index in [1.165, 1.54) is 12.8 Å². The summed E-state index contributed by atoms with van der Waals surface area (Å²) in [6.45, 7) is 3.08. The Labute approximate surface area is 94.2 Å². The van der Waals surface area contributed by atoms with Crippen molar-refractivity contribution >= 4 is 11.8 Å². The van der Waals surface area contributed by atoms with Gasteiger partial charge in [0.2, 0.25) is 5.89 Å². The van der Waals surface area contributed by atoms with Gasteiger partial charge in [0, 0.05) is 19.0 Å². The first kappa shape index (κ1) is 11.0. The van der Waals surface area contributed by atoms with E-state index in [-0.39, 0.29) is 0 Å². The van der Waals surface area contributed by atoms with Crippen molar-refractivity contribution in [1.29, 1.82) is 0 Å². The molecule has 4 nitrogen and oxygen atoms in total. The largest absolute Gasteiger partial charge is 0.339 e. The van der Waals surface area contributed by atoms with Crippen LogP contribution in [0.1, 0.15) is 31.5 Å². The van der Waals surface area contributed by atoms with Crippen molar-refractivity contribution in [1.82, 2.24) is 15.5 Å². The van der Waals surface area contributed by atoms with Gasteiger partial charge in [0.05, 0.1) is 5.75 Å². The van der Waals surface area contributed by atoms with Gasteiger partial charge in [0.15, 0.2) is 5.82 Å². The Kier molecular flexibility index (Phi) is 4.02. The Hall–Kier alpha value is -0.550. The Balaban J connectivity index is 1.68. The number of nitrogens with one attached hydrogen (secondary N) is 1. The third-order valence-electron chi connectivity index (χ3n) is 2.29. The van der Waals surface area contributed by atoms with Crippen molar-refractivity contribution in [2.75, 3.05) is 12.3 Å². The Morgan fingerprint density at radius 2 is 2.40 bits per heavy atom. The number of rotatable bonds is 7. The van der Waals surface area contributed by atoms with Gasteiger partial charge >= 0.3 is 0 Å². The normalized spacial score (nSPS) is 15.8. The minimum absolute atomic E-state index is 0.753. The highest BCUT2D eigenvalue weighted by Gasteiger charge is 2.20. The molecule has 0 aliphatic heterocycles. The SMILES string of the molecule is CCSCc1noc(CCNC2CC2)n1. The predicted molar refractivity (Wildman–Crippen MR) is 60.9 cm³/mol. The third-order valence-corrected chi connectivity index (χ3v) is 3.17. The van der Waals surface area contributed by atoms with E-state index < -0.39 is 0 Å². The molecule has 0 saturated heterocycles. The van der Waals surface area contributed by atoms with Crippen LogP contribution in [0.15, 0.2) is 4.52 Å². The second-order valence-electron chi connectivity index (χ2n) is 3.72. The van der Waals surface area contributed by atoms with Crippen molar-refractivity contribution in [2.24, 2.45) is 0 Å². The molecule has 0 spiro atoms. The molecule has 0 radical (unpaired) electrons. The first-order valence-electron chi connectivity index (χ1n) is 5.51. The van der Waals surface area contributed by atoms with E-state index in [9.17, 15) is 0 Å². The Bertz CT molecular complexity index is 299. The van der Waals surface area contributed by atoms with Crippen LogP contribution >= 0.6 is 11.8 Å². The van der Waals surface area contributed by atoms with E-state index in [0.717, 1.165) is 42.2 Å². The van der Waals surface area contributed by atoms with E-state index in [1.807, 2.05) is 11.8 Å². The summed E-state index contributed by atoms with van der Waals surface area (Å²) in [5.41, 5.74) is 0. The molecule has 1 aromatic heterocycles. The number of thioether (sulfide) groups is 1. The number of aromatic nitrogens is 2. The average molecular weight is 227 g/mol. The van der Waals surface area contributed by atoms with Crippen LogP contribution in [-0.2, 0) is 12.2 Å². The fraction of sp³-hybridized carbons (Fsp3) is 0.800. The molecular weight excluding hydrogens is 210 g/mol. The summed E-state index contributed by atoms with van der Waals surface area (Å²) in [4.78, 5) is 4.33. The minimum Gasteiger partial charge on any atom is -0.339 e. The summed E-state index contributed by atoms with van der Waals surface area (Å²) in [5, 5.41) is 7.36. The van der Waals surface area contributed by atoms with Gasteiger partial charge in [0.25, 0.3) is 0 Å². The Morgan fingerprint density at radius 1 is 1.53 bits per heavy atom. The van der Waals surface area contributed by atoms with E-state index >= 15 is 0 Å². The zero-order chi connectivity index (χ0) is 10.5. The maximum absolute atomic E-state index is 5.15. The van der Waals surface area contributed by atoms with Gasteiger partial charge < -0.3 is 9.84 Å². The molecule has 1 aliphatic carbocycles. The molecule has 0 amide bonds. The average Bonchev–Trinajstić information content (AvgIpc) is 2.95. The monoisotopic (exact) mass is 227 g/mol. The summed E-state index contributed by atoms with van der Waals surface area (Å²) in [5.74, 6) is 3.53. The summed E-state index contributed by atoms with van der Waals surface area (Å²) >= 11 is 1.81. The van der Waals surface area contributed by atoms with Gasteiger partial charge in [-0.15, -0.1) is 0 Å². The summed E-state index contributed by atoms with van der Waals surface area (Å²) in [6, 6.07) is 0.753. The van der Waals surface area contributed by atoms with E-state index in [2.05, 4.69) is 22.4 Å². The highest BCUT2D eigenvalue weighted by Crippen LogP contribution is 2.18. The zero-order valence-corrected chi connectivity index (χ0v) is 9.85. The summed E-state index contributed by atoms with van der Waals surface area (Å²) < 4.78 is 5.15. The minimum atomic E-state index is 0.753. The fourth-order valence-electron chi connectivity index (χ4n) is 1.31. The van der Waals surface area contributed by atoms with Crippen molar-refractivity contribution in [3.8, 4) is 0 Å². The molecule has 0 bridgehead atoms. The summed E-state index contributed by atoms with van der Waals surface area (Å²) in [6.07, 6.45) is 3.49. The molecule has 1 saturated carbocycles. The molecule has 2 rings (SSSR count). The number of hydrogen-bond donors (Lipinski definition) is 1. The van der Waals surface area contributed by atoms with Gasteiger partial charge in [-0.2, -0.15) is 16.7 Å². The van der Waals surface area contributed by atoms with Gasteiger partial charge in [-0.3, -0.25) is 0 Å². The third kappa shape index (κ3) is 3.83. The second kappa shape index (κ2) is 5.51. The predicted octanol–water partition coefficient (Wildman–Crippen LogP) is 1.62. The lowest BCUT2D eigenvalue weighted by atomic mass is 10.4. The molecule has 0 aromatic carbocycles. The Morgan fingerprint density at radius 3 is 3.13 bits per heavy atom. The topological polar surface area (TPSA) is 51.0 Å². The molecule has 15 heavy (non-hydrogen) atoms. The van der Waals surface area contributed by atoms with E-state index in [1.54, 1.807) is 0 Å². The van der Waals surface area contributed by atoms with Crippen LogP contribution in [-0.4, -0.2) is 28.5 Å². The van der Waals surface area contributed by atoms with E-state index in [4.69, 9.17) is 4.52 Å². The van der Waals surface area contributed by atoms with Crippen molar-refractivity contribution in [3.63, 3.8) is 0 Å². The molecule has 1 aliphatic rings. The van der Waals surface area contributed by atoms with E-state index in [0.29, 0.717) is 0 Å². The second-order valence-corrected chi connectivity index (χ2v) is 4.99. The van der Waals surface area contributed by atoms with Crippen LogP contribution in [0.25, 0.3) is 0 Å². The molecule has 0 unspecified atom stereocenters. The highest BCUT2D eigenvalue weighted by atomic mass is 32.2. The van der Waals surface area contributed by atoms with Crippen molar-refractivity contribution in [3.05, 3.63) is 11.7 Å². The van der Waals surface area contributed by atoms with Crippen LogP contribution in [0, 0.1) is 0 Å². The molecule has 1 heterocycles. The maximum atomic E-state index is 5.15. The molecular formula is C10H17N3OS. The zero-order valence-electron chi connectivity index (χ0n) is 9.03. The maximum Gasteiger partial charge on any atom is 0.227 e. The molecule has 1 fully saturated rings. The number of hydrogen-bond acceptors (Lipinski definition) is 5. The first-order chi connectivity index (χ1) is 7.38. The van der Waals surface area contributed by atoms with Gasteiger partial charge in [-0.05, 0) is 18.6 Å². The van der Waals surface area contributed by atoms with Crippen LogP contribution in [0.3, 0.4) is 0 Å². The quantitative estimate of drug-likeness (QED) is 0.767. The van der Waals surface area contributed by atoms with Gasteiger partial charge in [-0.25, -0.2) is 0 Å². The smallest absolute Gasteiger partial charge is 0.227 e.